The molecule has 0 saturated heterocycles. The highest BCUT2D eigenvalue weighted by Crippen LogP contribution is 2.38. The van der Waals surface area contributed by atoms with Gasteiger partial charge in [0.25, 0.3) is 5.91 Å². The van der Waals surface area contributed by atoms with Crippen molar-refractivity contribution in [2.24, 2.45) is 5.73 Å². The maximum absolute atomic E-state index is 13.1. The molecule has 9 nitrogen and oxygen atoms in total. The molecule has 2 heterocycles. The molecule has 0 spiro atoms. The van der Waals surface area contributed by atoms with E-state index in [1.54, 1.807) is 75.8 Å². The number of rotatable bonds is 6. The molecular weight excluding hydrogens is 458 g/mol. The minimum absolute atomic E-state index is 0.214. The SMILES string of the molecule is COC(=O)c1ccc2c(c1)NC(=O)/C2=C(\Nc1ccc(N(C)C(=O)C(C)(C)N)cc1)c1ccncc1. The van der Waals surface area contributed by atoms with Crippen LogP contribution in [0.5, 0.6) is 0 Å². The Labute approximate surface area is 209 Å². The van der Waals surface area contributed by atoms with Gasteiger partial charge in [-0.2, -0.15) is 0 Å². The molecule has 1 aliphatic heterocycles. The van der Waals surface area contributed by atoms with Crippen molar-refractivity contribution in [1.82, 2.24) is 4.98 Å². The molecule has 9 heteroatoms. The van der Waals surface area contributed by atoms with Crippen LogP contribution in [0.3, 0.4) is 0 Å². The third kappa shape index (κ3) is 4.82. The number of ether oxygens (including phenoxy) is 1. The predicted octanol–water partition coefficient (Wildman–Crippen LogP) is 3.50. The topological polar surface area (TPSA) is 127 Å². The van der Waals surface area contributed by atoms with Crippen LogP contribution >= 0.6 is 0 Å². The summed E-state index contributed by atoms with van der Waals surface area (Å²) in [7, 11) is 2.98. The number of nitrogens with two attached hydrogens (primary N) is 1. The maximum Gasteiger partial charge on any atom is 0.337 e. The number of carbonyl (C=O) groups is 3. The molecule has 0 unspecified atom stereocenters. The fourth-order valence-corrected chi connectivity index (χ4v) is 3.93. The molecule has 2 aromatic carbocycles. The molecule has 0 aliphatic carbocycles. The van der Waals surface area contributed by atoms with Crippen LogP contribution in [0.1, 0.15) is 35.3 Å². The minimum Gasteiger partial charge on any atom is -0.465 e. The van der Waals surface area contributed by atoms with Gasteiger partial charge in [0.2, 0.25) is 5.91 Å². The lowest BCUT2D eigenvalue weighted by Crippen LogP contribution is -2.49. The summed E-state index contributed by atoms with van der Waals surface area (Å²) < 4.78 is 4.79. The number of nitrogens with one attached hydrogen (secondary N) is 2. The lowest BCUT2D eigenvalue weighted by atomic mass is 9.99. The fraction of sp³-hybridized carbons (Fsp3) is 0.185. The minimum atomic E-state index is -0.998. The fourth-order valence-electron chi connectivity index (χ4n) is 3.93. The lowest BCUT2D eigenvalue weighted by Gasteiger charge is -2.26. The molecule has 4 rings (SSSR count). The standard InChI is InChI=1S/C27H27N5O4/c1-27(2,28)26(35)32(3)19-8-6-18(7-9-19)30-23(16-11-13-29-14-12-16)22-20-10-5-17(25(34)36-4)15-21(20)31-24(22)33/h5-15,30H,28H2,1-4H3,(H,31,33)/b23-22-. The highest BCUT2D eigenvalue weighted by atomic mass is 16.5. The number of anilines is 3. The summed E-state index contributed by atoms with van der Waals surface area (Å²) in [6, 6.07) is 15.8. The van der Waals surface area contributed by atoms with E-state index >= 15 is 0 Å². The Bertz CT molecular complexity index is 1360. The van der Waals surface area contributed by atoms with Crippen LogP contribution in [0.25, 0.3) is 11.3 Å². The second-order valence-corrected chi connectivity index (χ2v) is 8.95. The zero-order chi connectivity index (χ0) is 26.0. The number of amides is 2. The highest BCUT2D eigenvalue weighted by Gasteiger charge is 2.30. The summed E-state index contributed by atoms with van der Waals surface area (Å²) >= 11 is 0. The summed E-state index contributed by atoms with van der Waals surface area (Å²) in [5.74, 6) is -1.01. The molecule has 3 aromatic rings. The number of esters is 1. The molecule has 1 aliphatic rings. The maximum atomic E-state index is 13.1. The first-order valence-electron chi connectivity index (χ1n) is 11.2. The smallest absolute Gasteiger partial charge is 0.337 e. The number of pyridine rings is 1. The summed E-state index contributed by atoms with van der Waals surface area (Å²) in [5, 5.41) is 6.19. The first-order chi connectivity index (χ1) is 17.1. The van der Waals surface area contributed by atoms with Gasteiger partial charge < -0.3 is 26.0 Å². The molecule has 0 atom stereocenters. The zero-order valence-electron chi connectivity index (χ0n) is 20.5. The molecule has 0 bridgehead atoms. The van der Waals surface area contributed by atoms with Crippen molar-refractivity contribution in [3.05, 3.63) is 83.7 Å². The molecule has 36 heavy (non-hydrogen) atoms. The Hall–Kier alpha value is -4.50. The number of likely N-dealkylation sites (N-methyl/N-ethyl adjacent to an activating group) is 1. The number of hydrogen-bond donors (Lipinski definition) is 3. The number of benzene rings is 2. The van der Waals surface area contributed by atoms with E-state index in [-0.39, 0.29) is 11.8 Å². The third-order valence-corrected chi connectivity index (χ3v) is 5.78. The van der Waals surface area contributed by atoms with Crippen molar-refractivity contribution in [1.29, 1.82) is 0 Å². The van der Waals surface area contributed by atoms with Crippen LogP contribution in [-0.4, -0.2) is 42.5 Å². The largest absolute Gasteiger partial charge is 0.465 e. The van der Waals surface area contributed by atoms with Crippen molar-refractivity contribution >= 4 is 46.1 Å². The molecule has 2 amide bonds. The summed E-state index contributed by atoms with van der Waals surface area (Å²) in [4.78, 5) is 43.2. The van der Waals surface area contributed by atoms with Gasteiger partial charge in [-0.15, -0.1) is 0 Å². The van der Waals surface area contributed by atoms with Crippen LogP contribution in [0.15, 0.2) is 67.0 Å². The van der Waals surface area contributed by atoms with E-state index < -0.39 is 11.5 Å². The van der Waals surface area contributed by atoms with Crippen molar-refractivity contribution in [3.8, 4) is 0 Å². The van der Waals surface area contributed by atoms with Gasteiger partial charge in [-0.05, 0) is 62.4 Å². The summed E-state index contributed by atoms with van der Waals surface area (Å²) in [6.45, 7) is 3.32. The van der Waals surface area contributed by atoms with Gasteiger partial charge in [-0.1, -0.05) is 6.07 Å². The number of nitrogens with zero attached hydrogens (tertiary/aromatic N) is 2. The van der Waals surface area contributed by atoms with Crippen molar-refractivity contribution in [2.45, 2.75) is 19.4 Å². The van der Waals surface area contributed by atoms with Crippen molar-refractivity contribution in [2.75, 3.05) is 29.7 Å². The van der Waals surface area contributed by atoms with Crippen molar-refractivity contribution < 1.29 is 19.1 Å². The monoisotopic (exact) mass is 485 g/mol. The Morgan fingerprint density at radius 3 is 2.31 bits per heavy atom. The van der Waals surface area contributed by atoms with Gasteiger partial charge in [0, 0.05) is 41.9 Å². The van der Waals surface area contributed by atoms with E-state index in [0.29, 0.717) is 39.5 Å². The molecule has 0 radical (unpaired) electrons. The Morgan fingerprint density at radius 2 is 1.69 bits per heavy atom. The first kappa shape index (κ1) is 24.6. The van der Waals surface area contributed by atoms with E-state index in [0.717, 1.165) is 5.56 Å². The third-order valence-electron chi connectivity index (χ3n) is 5.78. The number of aromatic nitrogens is 1. The first-order valence-corrected chi connectivity index (χ1v) is 11.2. The lowest BCUT2D eigenvalue weighted by molar-refractivity contribution is -0.122. The van der Waals surface area contributed by atoms with E-state index in [9.17, 15) is 14.4 Å². The van der Waals surface area contributed by atoms with E-state index in [1.165, 1.54) is 12.0 Å². The van der Waals surface area contributed by atoms with Gasteiger partial charge in [0.1, 0.15) is 0 Å². The second kappa shape index (κ2) is 9.63. The predicted molar refractivity (Wildman–Crippen MR) is 139 cm³/mol. The van der Waals surface area contributed by atoms with Gasteiger partial charge in [0.05, 0.1) is 35.2 Å². The van der Waals surface area contributed by atoms with Gasteiger partial charge >= 0.3 is 5.97 Å². The van der Waals surface area contributed by atoms with Crippen LogP contribution in [-0.2, 0) is 14.3 Å². The van der Waals surface area contributed by atoms with Crippen LogP contribution in [0, 0.1) is 0 Å². The van der Waals surface area contributed by atoms with Crippen LogP contribution < -0.4 is 21.3 Å². The van der Waals surface area contributed by atoms with E-state index in [2.05, 4.69) is 15.6 Å². The van der Waals surface area contributed by atoms with Crippen molar-refractivity contribution in [3.63, 3.8) is 0 Å². The summed E-state index contributed by atoms with van der Waals surface area (Å²) in [6.07, 6.45) is 3.29. The van der Waals surface area contributed by atoms with Gasteiger partial charge in [0.15, 0.2) is 0 Å². The quantitative estimate of drug-likeness (QED) is 0.360. The molecule has 4 N–H and O–H groups in total. The molecule has 184 valence electrons. The Morgan fingerprint density at radius 1 is 1.03 bits per heavy atom. The van der Waals surface area contributed by atoms with Gasteiger partial charge in [-0.3, -0.25) is 14.6 Å². The highest BCUT2D eigenvalue weighted by molar-refractivity contribution is 6.37. The average Bonchev–Trinajstić information content (AvgIpc) is 3.20. The number of carbonyl (C=O) groups excluding carboxylic acids is 3. The second-order valence-electron chi connectivity index (χ2n) is 8.95. The van der Waals surface area contributed by atoms with Crippen LogP contribution in [0.4, 0.5) is 17.1 Å². The normalized spacial score (nSPS) is 14.0. The number of hydrogen-bond acceptors (Lipinski definition) is 7. The Kier molecular flexibility index (Phi) is 6.59. The zero-order valence-corrected chi connectivity index (χ0v) is 20.5. The van der Waals surface area contributed by atoms with Gasteiger partial charge in [-0.25, -0.2) is 4.79 Å². The van der Waals surface area contributed by atoms with Crippen LogP contribution in [0.2, 0.25) is 0 Å². The molecular formula is C27H27N5O4. The number of fused-ring (bicyclic) bond motifs is 1. The molecule has 1 aromatic heterocycles. The average molecular weight is 486 g/mol. The number of methoxy groups -OCH3 is 1. The summed E-state index contributed by atoms with van der Waals surface area (Å²) in [5.41, 5.74) is 9.60. The Balaban J connectivity index is 1.74. The van der Waals surface area contributed by atoms with E-state index in [4.69, 9.17) is 10.5 Å². The molecule has 0 fully saturated rings. The molecule has 0 saturated carbocycles. The van der Waals surface area contributed by atoms with E-state index in [1.807, 2.05) is 12.1 Å².